The van der Waals surface area contributed by atoms with E-state index in [2.05, 4.69) is 0 Å². The van der Waals surface area contributed by atoms with E-state index in [9.17, 15) is 31.1 Å². The SMILES string of the molecule is C#CC(C)NC(=O)C(C(F)(F)F)C(F)(F)F. The van der Waals surface area contributed by atoms with Crippen molar-refractivity contribution in [2.24, 2.45) is 5.92 Å². The molecule has 0 saturated heterocycles. The van der Waals surface area contributed by atoms with E-state index in [4.69, 9.17) is 6.42 Å². The minimum absolute atomic E-state index is 1.09. The van der Waals surface area contributed by atoms with Gasteiger partial charge in [-0.3, -0.25) is 4.79 Å². The monoisotopic (exact) mass is 247 g/mol. The van der Waals surface area contributed by atoms with Gasteiger partial charge < -0.3 is 5.32 Å². The number of halogens is 6. The van der Waals surface area contributed by atoms with Crippen LogP contribution < -0.4 is 5.32 Å². The van der Waals surface area contributed by atoms with E-state index in [1.165, 1.54) is 5.32 Å². The highest BCUT2D eigenvalue weighted by Crippen LogP contribution is 2.39. The molecule has 1 amide bonds. The van der Waals surface area contributed by atoms with E-state index in [1.54, 1.807) is 5.92 Å². The molecule has 0 radical (unpaired) electrons. The predicted molar refractivity (Wildman–Crippen MR) is 42.0 cm³/mol. The maximum absolute atomic E-state index is 12.0. The average Bonchev–Trinajstić information content (AvgIpc) is 1.97. The van der Waals surface area contributed by atoms with Crippen LogP contribution in [0.5, 0.6) is 0 Å². The lowest BCUT2D eigenvalue weighted by Crippen LogP contribution is -2.49. The second-order valence-corrected chi connectivity index (χ2v) is 2.91. The lowest BCUT2D eigenvalue weighted by molar-refractivity contribution is -0.274. The summed E-state index contributed by atoms with van der Waals surface area (Å²) in [4.78, 5) is 10.8. The quantitative estimate of drug-likeness (QED) is 0.585. The Labute approximate surface area is 87.0 Å². The van der Waals surface area contributed by atoms with E-state index in [0.717, 1.165) is 6.92 Å². The van der Waals surface area contributed by atoms with Crippen molar-refractivity contribution in [2.75, 3.05) is 0 Å². The fourth-order valence-electron chi connectivity index (χ4n) is 0.821. The summed E-state index contributed by atoms with van der Waals surface area (Å²) in [5.74, 6) is -4.48. The van der Waals surface area contributed by atoms with Gasteiger partial charge in [0.1, 0.15) is 0 Å². The van der Waals surface area contributed by atoms with Crippen molar-refractivity contribution in [3.05, 3.63) is 0 Å². The van der Waals surface area contributed by atoms with Crippen LogP contribution in [0.15, 0.2) is 0 Å². The molecule has 0 bridgehead atoms. The normalized spacial score (nSPS) is 14.4. The van der Waals surface area contributed by atoms with Gasteiger partial charge in [-0.2, -0.15) is 26.3 Å². The third-order valence-corrected chi connectivity index (χ3v) is 1.53. The van der Waals surface area contributed by atoms with Gasteiger partial charge in [-0.05, 0) is 6.92 Å². The molecule has 92 valence electrons. The zero-order valence-corrected chi connectivity index (χ0v) is 7.91. The number of amides is 1. The second-order valence-electron chi connectivity index (χ2n) is 2.91. The van der Waals surface area contributed by atoms with Gasteiger partial charge in [0.25, 0.3) is 0 Å². The molecule has 1 unspecified atom stereocenters. The molecule has 8 heteroatoms. The first-order valence-corrected chi connectivity index (χ1v) is 3.90. The highest BCUT2D eigenvalue weighted by atomic mass is 19.4. The number of rotatable bonds is 2. The standard InChI is InChI=1S/C8H7F6NO/c1-3-4(2)15-6(16)5(7(9,10)11)8(12,13)14/h1,4-5H,2H3,(H,15,16). The summed E-state index contributed by atoms with van der Waals surface area (Å²) in [6, 6.07) is -1.21. The Hall–Kier alpha value is -1.39. The Morgan fingerprint density at radius 1 is 1.19 bits per heavy atom. The van der Waals surface area contributed by atoms with Crippen LogP contribution in [0.25, 0.3) is 0 Å². The van der Waals surface area contributed by atoms with Crippen LogP contribution in [0.4, 0.5) is 26.3 Å². The van der Waals surface area contributed by atoms with Crippen molar-refractivity contribution < 1.29 is 31.1 Å². The number of terminal acetylenes is 1. The fraction of sp³-hybridized carbons (Fsp3) is 0.625. The summed E-state index contributed by atoms with van der Waals surface area (Å²) in [6.45, 7) is 1.09. The van der Waals surface area contributed by atoms with Gasteiger partial charge >= 0.3 is 12.4 Å². The third kappa shape index (κ3) is 4.00. The molecule has 0 rings (SSSR count). The molecule has 0 aromatic carbocycles. The second kappa shape index (κ2) is 4.63. The van der Waals surface area contributed by atoms with E-state index in [0.29, 0.717) is 0 Å². The van der Waals surface area contributed by atoms with Crippen molar-refractivity contribution in [2.45, 2.75) is 25.3 Å². The molecular weight excluding hydrogens is 240 g/mol. The Kier molecular flexibility index (Phi) is 4.23. The smallest absolute Gasteiger partial charge is 0.342 e. The minimum atomic E-state index is -5.70. The van der Waals surface area contributed by atoms with E-state index >= 15 is 0 Å². The van der Waals surface area contributed by atoms with E-state index < -0.39 is 30.2 Å². The molecule has 0 fully saturated rings. The Bertz CT molecular complexity index is 285. The molecule has 16 heavy (non-hydrogen) atoms. The first kappa shape index (κ1) is 14.6. The highest BCUT2D eigenvalue weighted by Gasteiger charge is 2.61. The minimum Gasteiger partial charge on any atom is -0.342 e. The third-order valence-electron chi connectivity index (χ3n) is 1.53. The van der Waals surface area contributed by atoms with Gasteiger partial charge in [0.05, 0.1) is 6.04 Å². The van der Waals surface area contributed by atoms with Crippen LogP contribution in [0.1, 0.15) is 6.92 Å². The first-order valence-electron chi connectivity index (χ1n) is 3.90. The summed E-state index contributed by atoms with van der Waals surface area (Å²) in [5.41, 5.74) is 0. The summed E-state index contributed by atoms with van der Waals surface area (Å²) in [6.07, 6.45) is -6.68. The predicted octanol–water partition coefficient (Wildman–Crippen LogP) is 1.87. The molecule has 0 spiro atoms. The molecule has 0 heterocycles. The maximum atomic E-state index is 12.0. The zero-order chi connectivity index (χ0) is 13.1. The number of nitrogens with one attached hydrogen (secondary N) is 1. The fourth-order valence-corrected chi connectivity index (χ4v) is 0.821. The van der Waals surface area contributed by atoms with Crippen molar-refractivity contribution in [3.8, 4) is 12.3 Å². The average molecular weight is 247 g/mol. The van der Waals surface area contributed by atoms with Crippen molar-refractivity contribution in [1.29, 1.82) is 0 Å². The Balaban J connectivity index is 4.96. The highest BCUT2D eigenvalue weighted by molar-refractivity contribution is 5.80. The largest absolute Gasteiger partial charge is 0.409 e. The van der Waals surface area contributed by atoms with Crippen LogP contribution >= 0.6 is 0 Å². The number of carbonyl (C=O) groups excluding carboxylic acids is 1. The Morgan fingerprint density at radius 3 is 1.81 bits per heavy atom. The lowest BCUT2D eigenvalue weighted by atomic mass is 10.1. The molecule has 0 aromatic heterocycles. The maximum Gasteiger partial charge on any atom is 0.409 e. The van der Waals surface area contributed by atoms with Crippen molar-refractivity contribution in [1.82, 2.24) is 5.32 Å². The molecule has 0 aliphatic heterocycles. The topological polar surface area (TPSA) is 29.1 Å². The number of alkyl halides is 6. The zero-order valence-electron chi connectivity index (χ0n) is 7.91. The van der Waals surface area contributed by atoms with Gasteiger partial charge in [0.15, 0.2) is 0 Å². The molecule has 0 aliphatic rings. The van der Waals surface area contributed by atoms with Crippen LogP contribution in [0, 0.1) is 18.3 Å². The number of hydrogen-bond acceptors (Lipinski definition) is 1. The van der Waals surface area contributed by atoms with Crippen molar-refractivity contribution in [3.63, 3.8) is 0 Å². The van der Waals surface area contributed by atoms with Crippen molar-refractivity contribution >= 4 is 5.91 Å². The number of carbonyl (C=O) groups is 1. The molecule has 1 atom stereocenters. The van der Waals surface area contributed by atoms with Crippen LogP contribution in [0.2, 0.25) is 0 Å². The van der Waals surface area contributed by atoms with Crippen LogP contribution in [-0.4, -0.2) is 24.3 Å². The van der Waals surface area contributed by atoms with Crippen LogP contribution in [0.3, 0.4) is 0 Å². The summed E-state index contributed by atoms with van der Waals surface area (Å²) >= 11 is 0. The summed E-state index contributed by atoms with van der Waals surface area (Å²) in [7, 11) is 0. The van der Waals surface area contributed by atoms with Gasteiger partial charge in [0, 0.05) is 0 Å². The molecule has 0 aliphatic carbocycles. The van der Waals surface area contributed by atoms with Gasteiger partial charge in [-0.25, -0.2) is 0 Å². The van der Waals surface area contributed by atoms with Gasteiger partial charge in [0.2, 0.25) is 11.8 Å². The molecule has 2 nitrogen and oxygen atoms in total. The number of hydrogen-bond donors (Lipinski definition) is 1. The van der Waals surface area contributed by atoms with Gasteiger partial charge in [-0.1, -0.05) is 5.92 Å². The molecule has 1 N–H and O–H groups in total. The van der Waals surface area contributed by atoms with Crippen LogP contribution in [-0.2, 0) is 4.79 Å². The first-order chi connectivity index (χ1) is 7.00. The molecule has 0 saturated carbocycles. The van der Waals surface area contributed by atoms with E-state index in [-0.39, 0.29) is 0 Å². The molecule has 0 aromatic rings. The Morgan fingerprint density at radius 2 is 1.56 bits per heavy atom. The summed E-state index contributed by atoms with van der Waals surface area (Å²) in [5, 5.41) is 1.43. The summed E-state index contributed by atoms with van der Waals surface area (Å²) < 4.78 is 71.9. The van der Waals surface area contributed by atoms with Gasteiger partial charge in [-0.15, -0.1) is 6.42 Å². The lowest BCUT2D eigenvalue weighted by Gasteiger charge is -2.22. The molecular formula is C8H7F6NO. The van der Waals surface area contributed by atoms with E-state index in [1.807, 2.05) is 0 Å².